The van der Waals surface area contributed by atoms with E-state index in [0.29, 0.717) is 23.3 Å². The molecule has 6 heteroatoms. The first-order valence-corrected chi connectivity index (χ1v) is 7.28. The second kappa shape index (κ2) is 6.32. The number of anilines is 2. The van der Waals surface area contributed by atoms with Crippen molar-refractivity contribution >= 4 is 22.5 Å². The average Bonchev–Trinajstić information content (AvgIpc) is 2.93. The molecule has 0 fully saturated rings. The Balaban J connectivity index is 1.73. The number of aryl methyl sites for hydroxylation is 1. The molecule has 0 unspecified atom stereocenters. The molecule has 1 N–H and O–H groups in total. The molecular weight excluding hydrogens is 284 g/mol. The molecule has 1 aromatic carbocycles. The predicted molar refractivity (Wildman–Crippen MR) is 82.9 cm³/mol. The summed E-state index contributed by atoms with van der Waals surface area (Å²) in [6, 6.07) is 13.7. The Morgan fingerprint density at radius 1 is 1.14 bits per heavy atom. The van der Waals surface area contributed by atoms with Crippen LogP contribution in [0.3, 0.4) is 0 Å². The van der Waals surface area contributed by atoms with Gasteiger partial charge >= 0.3 is 0 Å². The molecule has 0 saturated carbocycles. The Kier molecular flexibility index (Phi) is 4.07. The van der Waals surface area contributed by atoms with Crippen molar-refractivity contribution in [3.05, 3.63) is 60.0 Å². The lowest BCUT2D eigenvalue weighted by molar-refractivity contribution is 0.307. The van der Waals surface area contributed by atoms with Crippen molar-refractivity contribution < 1.29 is 4.74 Å². The zero-order valence-corrected chi connectivity index (χ0v) is 12.3. The van der Waals surface area contributed by atoms with Crippen LogP contribution < -0.4 is 10.1 Å². The Bertz CT molecular complexity index is 714. The highest BCUT2D eigenvalue weighted by molar-refractivity contribution is 7.09. The van der Waals surface area contributed by atoms with E-state index in [9.17, 15) is 0 Å². The molecule has 0 radical (unpaired) electrons. The normalized spacial score (nSPS) is 10.3. The molecule has 0 aliphatic carbocycles. The lowest BCUT2D eigenvalue weighted by Gasteiger charge is -2.10. The van der Waals surface area contributed by atoms with Crippen molar-refractivity contribution in [2.75, 3.05) is 5.32 Å². The highest BCUT2D eigenvalue weighted by Crippen LogP contribution is 2.26. The van der Waals surface area contributed by atoms with Crippen LogP contribution in [-0.4, -0.2) is 14.3 Å². The minimum atomic E-state index is 0.496. The van der Waals surface area contributed by atoms with E-state index in [1.165, 1.54) is 11.5 Å². The third kappa shape index (κ3) is 3.55. The summed E-state index contributed by atoms with van der Waals surface area (Å²) in [6.07, 6.45) is 1.71. The molecule has 2 heterocycles. The van der Waals surface area contributed by atoms with Crippen LogP contribution in [0.4, 0.5) is 10.9 Å². The van der Waals surface area contributed by atoms with Gasteiger partial charge in [0.25, 0.3) is 0 Å². The number of nitrogens with zero attached hydrogens (tertiary/aromatic N) is 3. The van der Waals surface area contributed by atoms with Crippen LogP contribution in [-0.2, 0) is 6.61 Å². The van der Waals surface area contributed by atoms with Gasteiger partial charge in [0.2, 0.25) is 5.13 Å². The van der Waals surface area contributed by atoms with Gasteiger partial charge in [-0.05, 0) is 24.6 Å². The Morgan fingerprint density at radius 2 is 2.00 bits per heavy atom. The van der Waals surface area contributed by atoms with E-state index in [0.717, 1.165) is 11.4 Å². The first kappa shape index (κ1) is 13.5. The summed E-state index contributed by atoms with van der Waals surface area (Å²) in [5.74, 6) is 2.07. The smallest absolute Gasteiger partial charge is 0.208 e. The minimum absolute atomic E-state index is 0.496. The Labute approximate surface area is 126 Å². The summed E-state index contributed by atoms with van der Waals surface area (Å²) in [5.41, 5.74) is 1.11. The van der Waals surface area contributed by atoms with Crippen molar-refractivity contribution in [1.82, 2.24) is 14.3 Å². The molecule has 0 aliphatic heterocycles. The number of rotatable bonds is 5. The molecule has 0 spiro atoms. The van der Waals surface area contributed by atoms with Crippen molar-refractivity contribution in [2.24, 2.45) is 0 Å². The molecule has 0 aliphatic rings. The van der Waals surface area contributed by atoms with Gasteiger partial charge in [-0.1, -0.05) is 30.3 Å². The van der Waals surface area contributed by atoms with Gasteiger partial charge in [-0.25, -0.2) is 9.97 Å². The number of ether oxygens (including phenoxy) is 1. The van der Waals surface area contributed by atoms with E-state index >= 15 is 0 Å². The van der Waals surface area contributed by atoms with Crippen LogP contribution >= 0.6 is 11.5 Å². The van der Waals surface area contributed by atoms with Gasteiger partial charge in [0.1, 0.15) is 12.4 Å². The van der Waals surface area contributed by atoms with Gasteiger partial charge in [0.15, 0.2) is 11.6 Å². The fourth-order valence-corrected chi connectivity index (χ4v) is 2.36. The van der Waals surface area contributed by atoms with E-state index in [1.807, 2.05) is 49.4 Å². The van der Waals surface area contributed by atoms with Gasteiger partial charge in [-0.15, -0.1) is 0 Å². The molecule has 106 valence electrons. The zero-order chi connectivity index (χ0) is 14.5. The van der Waals surface area contributed by atoms with Crippen LogP contribution in [0.15, 0.2) is 48.7 Å². The summed E-state index contributed by atoms with van der Waals surface area (Å²) in [6.45, 7) is 2.35. The predicted octanol–water partition coefficient (Wildman–Crippen LogP) is 3.56. The maximum atomic E-state index is 5.83. The molecule has 3 rings (SSSR count). The van der Waals surface area contributed by atoms with Crippen molar-refractivity contribution in [2.45, 2.75) is 13.5 Å². The standard InChI is InChI=1S/C15H14N4OS/c1-11-17-15(21-19-11)18-14-13(8-5-9-16-14)20-10-12-6-3-2-4-7-12/h2-9H,10H2,1H3,(H,16,17,18,19). The van der Waals surface area contributed by atoms with E-state index in [-0.39, 0.29) is 0 Å². The average molecular weight is 298 g/mol. The van der Waals surface area contributed by atoms with Gasteiger partial charge in [-0.3, -0.25) is 0 Å². The number of aromatic nitrogens is 3. The third-order valence-electron chi connectivity index (χ3n) is 2.76. The highest BCUT2D eigenvalue weighted by atomic mass is 32.1. The number of nitrogens with one attached hydrogen (secondary N) is 1. The minimum Gasteiger partial charge on any atom is -0.485 e. The summed E-state index contributed by atoms with van der Waals surface area (Å²) >= 11 is 1.30. The second-order valence-electron chi connectivity index (χ2n) is 4.40. The second-order valence-corrected chi connectivity index (χ2v) is 5.15. The summed E-state index contributed by atoms with van der Waals surface area (Å²) in [7, 11) is 0. The molecule has 2 aromatic heterocycles. The SMILES string of the molecule is Cc1nsc(Nc2ncccc2OCc2ccccc2)n1. The first-order valence-electron chi connectivity index (χ1n) is 6.50. The summed E-state index contributed by atoms with van der Waals surface area (Å²) in [5, 5.41) is 3.84. The van der Waals surface area contributed by atoms with Crippen molar-refractivity contribution in [3.63, 3.8) is 0 Å². The lowest BCUT2D eigenvalue weighted by Crippen LogP contribution is -2.00. The Hall–Kier alpha value is -2.47. The highest BCUT2D eigenvalue weighted by Gasteiger charge is 2.08. The molecule has 21 heavy (non-hydrogen) atoms. The Morgan fingerprint density at radius 3 is 2.76 bits per heavy atom. The van der Waals surface area contributed by atoms with Gasteiger partial charge in [0, 0.05) is 17.7 Å². The molecular formula is C15H14N4OS. The first-order chi connectivity index (χ1) is 10.3. The quantitative estimate of drug-likeness (QED) is 0.780. The van der Waals surface area contributed by atoms with E-state index in [1.54, 1.807) is 6.20 Å². The number of hydrogen-bond donors (Lipinski definition) is 1. The van der Waals surface area contributed by atoms with E-state index in [4.69, 9.17) is 4.74 Å². The van der Waals surface area contributed by atoms with Crippen LogP contribution in [0.2, 0.25) is 0 Å². The molecule has 3 aromatic rings. The fraction of sp³-hybridized carbons (Fsp3) is 0.133. The van der Waals surface area contributed by atoms with E-state index in [2.05, 4.69) is 19.7 Å². The summed E-state index contributed by atoms with van der Waals surface area (Å²) in [4.78, 5) is 8.56. The van der Waals surface area contributed by atoms with Crippen molar-refractivity contribution in [3.8, 4) is 5.75 Å². The van der Waals surface area contributed by atoms with Crippen molar-refractivity contribution in [1.29, 1.82) is 0 Å². The van der Waals surface area contributed by atoms with Crippen LogP contribution in [0.5, 0.6) is 5.75 Å². The third-order valence-corrected chi connectivity index (χ3v) is 3.48. The van der Waals surface area contributed by atoms with Crippen LogP contribution in [0, 0.1) is 6.92 Å². The monoisotopic (exact) mass is 298 g/mol. The number of benzene rings is 1. The summed E-state index contributed by atoms with van der Waals surface area (Å²) < 4.78 is 9.97. The molecule has 0 amide bonds. The zero-order valence-electron chi connectivity index (χ0n) is 11.5. The van der Waals surface area contributed by atoms with Crippen LogP contribution in [0.25, 0.3) is 0 Å². The number of hydrogen-bond acceptors (Lipinski definition) is 6. The molecule has 0 atom stereocenters. The molecule has 0 saturated heterocycles. The van der Waals surface area contributed by atoms with E-state index < -0.39 is 0 Å². The maximum absolute atomic E-state index is 5.83. The maximum Gasteiger partial charge on any atom is 0.208 e. The fourth-order valence-electron chi connectivity index (χ4n) is 1.79. The van der Waals surface area contributed by atoms with Gasteiger partial charge in [-0.2, -0.15) is 4.37 Å². The van der Waals surface area contributed by atoms with Gasteiger partial charge < -0.3 is 10.1 Å². The van der Waals surface area contributed by atoms with Gasteiger partial charge in [0.05, 0.1) is 0 Å². The lowest BCUT2D eigenvalue weighted by atomic mass is 10.2. The van der Waals surface area contributed by atoms with Crippen LogP contribution in [0.1, 0.15) is 11.4 Å². The molecule has 0 bridgehead atoms. The topological polar surface area (TPSA) is 59.9 Å². The number of pyridine rings is 1. The molecule has 5 nitrogen and oxygen atoms in total. The largest absolute Gasteiger partial charge is 0.485 e.